The van der Waals surface area contributed by atoms with Gasteiger partial charge in [0, 0.05) is 0 Å². The average molecular weight is 262 g/mol. The molecule has 1 nitrogen and oxygen atoms in total. The molecular formula is C18H30O. The summed E-state index contributed by atoms with van der Waals surface area (Å²) in [4.78, 5) is 0. The van der Waals surface area contributed by atoms with E-state index in [-0.39, 0.29) is 0 Å². The maximum Gasteiger partial charge on any atom is 0.0617 e. The van der Waals surface area contributed by atoms with E-state index in [0.29, 0.717) is 0 Å². The Morgan fingerprint density at radius 2 is 1.53 bits per heavy atom. The first kappa shape index (κ1) is 16.2. The van der Waals surface area contributed by atoms with Crippen LogP contribution in [0.25, 0.3) is 0 Å². The van der Waals surface area contributed by atoms with Gasteiger partial charge in [0.1, 0.15) is 0 Å². The van der Waals surface area contributed by atoms with E-state index >= 15 is 0 Å². The fourth-order valence-corrected chi connectivity index (χ4v) is 2.30. The summed E-state index contributed by atoms with van der Waals surface area (Å²) in [5.74, 6) is 0. The summed E-state index contributed by atoms with van der Waals surface area (Å²) in [6.45, 7) is 6.14. The predicted octanol–water partition coefficient (Wildman–Crippen LogP) is 5.04. The van der Waals surface area contributed by atoms with Gasteiger partial charge in [-0.05, 0) is 45.1 Å². The number of rotatable bonds is 9. The van der Waals surface area contributed by atoms with Crippen LogP contribution in [0.15, 0.2) is 24.3 Å². The molecule has 0 saturated carbocycles. The summed E-state index contributed by atoms with van der Waals surface area (Å²) < 4.78 is 0. The second-order valence-electron chi connectivity index (χ2n) is 6.10. The molecule has 0 aliphatic rings. The van der Waals surface area contributed by atoms with Crippen molar-refractivity contribution >= 4 is 0 Å². The lowest BCUT2D eigenvalue weighted by atomic mass is 9.95. The van der Waals surface area contributed by atoms with Crippen LogP contribution in [0.2, 0.25) is 0 Å². The molecule has 1 N–H and O–H groups in total. The van der Waals surface area contributed by atoms with Gasteiger partial charge < -0.3 is 5.11 Å². The molecule has 0 spiro atoms. The number of aryl methyl sites for hydroxylation is 2. The van der Waals surface area contributed by atoms with Gasteiger partial charge in [0.25, 0.3) is 0 Å². The smallest absolute Gasteiger partial charge is 0.0617 e. The van der Waals surface area contributed by atoms with Crippen molar-refractivity contribution in [3.8, 4) is 0 Å². The quantitative estimate of drug-likeness (QED) is 0.618. The van der Waals surface area contributed by atoms with Gasteiger partial charge in [-0.2, -0.15) is 0 Å². The molecule has 108 valence electrons. The summed E-state index contributed by atoms with van der Waals surface area (Å²) in [5.41, 5.74) is 2.35. The maximum absolute atomic E-state index is 9.90. The Morgan fingerprint density at radius 1 is 0.947 bits per heavy atom. The second kappa shape index (κ2) is 8.37. The third-order valence-corrected chi connectivity index (χ3v) is 4.06. The first-order valence-corrected chi connectivity index (χ1v) is 7.81. The largest absolute Gasteiger partial charge is 0.390 e. The van der Waals surface area contributed by atoms with Crippen molar-refractivity contribution in [2.45, 2.75) is 77.7 Å². The number of unbranched alkanes of at least 4 members (excludes halogenated alkanes) is 4. The van der Waals surface area contributed by atoms with E-state index in [4.69, 9.17) is 0 Å². The number of hydrogen-bond donors (Lipinski definition) is 1. The Labute approximate surface area is 119 Å². The second-order valence-corrected chi connectivity index (χ2v) is 6.10. The zero-order chi connectivity index (χ0) is 14.1. The molecule has 1 atom stereocenters. The molecule has 0 aliphatic heterocycles. The van der Waals surface area contributed by atoms with Gasteiger partial charge in [-0.1, -0.05) is 62.4 Å². The third-order valence-electron chi connectivity index (χ3n) is 4.06. The Morgan fingerprint density at radius 3 is 2.16 bits per heavy atom. The summed E-state index contributed by atoms with van der Waals surface area (Å²) in [7, 11) is 0. The normalized spacial score (nSPS) is 14.3. The van der Waals surface area contributed by atoms with Crippen molar-refractivity contribution in [2.75, 3.05) is 0 Å². The van der Waals surface area contributed by atoms with Crippen molar-refractivity contribution in [1.82, 2.24) is 0 Å². The first-order chi connectivity index (χ1) is 9.03. The SMILES string of the molecule is CCC(C)(O)CCCCCCCc1ccc(C)cc1. The van der Waals surface area contributed by atoms with Crippen molar-refractivity contribution < 1.29 is 5.11 Å². The van der Waals surface area contributed by atoms with Crippen LogP contribution in [0.1, 0.15) is 69.9 Å². The zero-order valence-corrected chi connectivity index (χ0v) is 12.9. The van der Waals surface area contributed by atoms with Gasteiger partial charge in [0.2, 0.25) is 0 Å². The van der Waals surface area contributed by atoms with Crippen molar-refractivity contribution in [3.05, 3.63) is 35.4 Å². The predicted molar refractivity (Wildman–Crippen MR) is 83.5 cm³/mol. The van der Waals surface area contributed by atoms with Crippen LogP contribution in [0, 0.1) is 6.92 Å². The molecule has 0 saturated heterocycles. The number of benzene rings is 1. The van der Waals surface area contributed by atoms with E-state index in [1.54, 1.807) is 0 Å². The number of aliphatic hydroxyl groups is 1. The number of hydrogen-bond acceptors (Lipinski definition) is 1. The van der Waals surface area contributed by atoms with E-state index < -0.39 is 5.60 Å². The van der Waals surface area contributed by atoms with Gasteiger partial charge in [-0.25, -0.2) is 0 Å². The molecule has 0 radical (unpaired) electrons. The maximum atomic E-state index is 9.90. The van der Waals surface area contributed by atoms with Crippen LogP contribution < -0.4 is 0 Å². The van der Waals surface area contributed by atoms with Crippen LogP contribution in [-0.2, 0) is 6.42 Å². The fourth-order valence-electron chi connectivity index (χ4n) is 2.30. The Balaban J connectivity index is 2.01. The van der Waals surface area contributed by atoms with Crippen LogP contribution in [0.5, 0.6) is 0 Å². The Bertz CT molecular complexity index is 337. The molecule has 19 heavy (non-hydrogen) atoms. The molecular weight excluding hydrogens is 232 g/mol. The molecule has 0 amide bonds. The van der Waals surface area contributed by atoms with E-state index in [9.17, 15) is 5.11 Å². The minimum Gasteiger partial charge on any atom is -0.390 e. The molecule has 1 rings (SSSR count). The van der Waals surface area contributed by atoms with Gasteiger partial charge >= 0.3 is 0 Å². The lowest BCUT2D eigenvalue weighted by Crippen LogP contribution is -2.22. The highest BCUT2D eigenvalue weighted by atomic mass is 16.3. The summed E-state index contributed by atoms with van der Waals surface area (Å²) in [6.07, 6.45) is 9.31. The summed E-state index contributed by atoms with van der Waals surface area (Å²) in [6, 6.07) is 8.88. The third kappa shape index (κ3) is 7.37. The van der Waals surface area contributed by atoms with Gasteiger partial charge in [-0.15, -0.1) is 0 Å². The first-order valence-electron chi connectivity index (χ1n) is 7.81. The van der Waals surface area contributed by atoms with E-state index in [1.807, 2.05) is 6.92 Å². The highest BCUT2D eigenvalue weighted by Gasteiger charge is 2.15. The summed E-state index contributed by atoms with van der Waals surface area (Å²) >= 11 is 0. The highest BCUT2D eigenvalue weighted by molar-refractivity contribution is 5.21. The minimum absolute atomic E-state index is 0.443. The lowest BCUT2D eigenvalue weighted by Gasteiger charge is -2.20. The van der Waals surface area contributed by atoms with E-state index in [0.717, 1.165) is 19.3 Å². The van der Waals surface area contributed by atoms with Crippen LogP contribution in [0.4, 0.5) is 0 Å². The molecule has 0 bridgehead atoms. The van der Waals surface area contributed by atoms with Crippen molar-refractivity contribution in [1.29, 1.82) is 0 Å². The zero-order valence-electron chi connectivity index (χ0n) is 12.9. The van der Waals surface area contributed by atoms with Crippen LogP contribution in [0.3, 0.4) is 0 Å². The topological polar surface area (TPSA) is 20.2 Å². The molecule has 1 unspecified atom stereocenters. The molecule has 0 aliphatic carbocycles. The molecule has 1 heteroatoms. The van der Waals surface area contributed by atoms with E-state index in [2.05, 4.69) is 38.1 Å². The van der Waals surface area contributed by atoms with Gasteiger partial charge in [0.05, 0.1) is 5.60 Å². The average Bonchev–Trinajstić information content (AvgIpc) is 2.40. The fraction of sp³-hybridized carbons (Fsp3) is 0.667. The lowest BCUT2D eigenvalue weighted by molar-refractivity contribution is 0.0442. The van der Waals surface area contributed by atoms with Crippen molar-refractivity contribution in [2.24, 2.45) is 0 Å². The van der Waals surface area contributed by atoms with E-state index in [1.165, 1.54) is 43.2 Å². The standard InChI is InChI=1S/C18H30O/c1-4-18(3,19)15-9-7-5-6-8-10-17-13-11-16(2)12-14-17/h11-14,19H,4-10,15H2,1-3H3. The van der Waals surface area contributed by atoms with Crippen LogP contribution >= 0.6 is 0 Å². The molecule has 0 fully saturated rings. The van der Waals surface area contributed by atoms with Crippen LogP contribution in [-0.4, -0.2) is 10.7 Å². The van der Waals surface area contributed by atoms with Gasteiger partial charge in [-0.3, -0.25) is 0 Å². The Hall–Kier alpha value is -0.820. The monoisotopic (exact) mass is 262 g/mol. The molecule has 1 aromatic carbocycles. The van der Waals surface area contributed by atoms with Gasteiger partial charge in [0.15, 0.2) is 0 Å². The molecule has 1 aromatic rings. The summed E-state index contributed by atoms with van der Waals surface area (Å²) in [5, 5.41) is 9.90. The van der Waals surface area contributed by atoms with Crippen molar-refractivity contribution in [3.63, 3.8) is 0 Å². The Kier molecular flexibility index (Phi) is 7.15. The minimum atomic E-state index is -0.443. The molecule has 0 heterocycles. The molecule has 0 aromatic heterocycles. The highest BCUT2D eigenvalue weighted by Crippen LogP contribution is 2.18.